The minimum Gasteiger partial charge on any atom is -0.454 e. The molecule has 10 heteroatoms. The van der Waals surface area contributed by atoms with Gasteiger partial charge in [0.05, 0.1) is 5.69 Å². The average Bonchev–Trinajstić information content (AvgIpc) is 2.74. The van der Waals surface area contributed by atoms with Crippen molar-refractivity contribution in [3.8, 4) is 0 Å². The molecule has 4 atom stereocenters. The van der Waals surface area contributed by atoms with E-state index in [1.807, 2.05) is 0 Å². The number of thioether (sulfide) groups is 1. The van der Waals surface area contributed by atoms with Gasteiger partial charge in [-0.3, -0.25) is 24.4 Å². The summed E-state index contributed by atoms with van der Waals surface area (Å²) in [6.07, 6.45) is 4.37. The molecule has 1 N–H and O–H groups in total. The van der Waals surface area contributed by atoms with Crippen LogP contribution in [0.5, 0.6) is 0 Å². The molecule has 3 heterocycles. The van der Waals surface area contributed by atoms with E-state index in [1.165, 1.54) is 39.4 Å². The molecule has 0 aliphatic carbocycles. The van der Waals surface area contributed by atoms with Crippen molar-refractivity contribution in [2.24, 2.45) is 0 Å². The van der Waals surface area contributed by atoms with E-state index in [1.54, 1.807) is 37.3 Å². The lowest BCUT2D eigenvalue weighted by Crippen LogP contribution is -2.73. The molecule has 0 spiro atoms. The molecular formula is C22H24N2O7S. The second-order valence-electron chi connectivity index (χ2n) is 7.55. The Hall–Kier alpha value is -2.98. The summed E-state index contributed by atoms with van der Waals surface area (Å²) in [7, 11) is 0. The van der Waals surface area contributed by atoms with Crippen LogP contribution in [-0.4, -0.2) is 49.8 Å². The van der Waals surface area contributed by atoms with Crippen molar-refractivity contribution in [3.63, 3.8) is 0 Å². The molecular weight excluding hydrogens is 436 g/mol. The van der Waals surface area contributed by atoms with Gasteiger partial charge in [-0.1, -0.05) is 12.1 Å². The van der Waals surface area contributed by atoms with Gasteiger partial charge in [0.1, 0.15) is 5.44 Å². The van der Waals surface area contributed by atoms with Crippen LogP contribution >= 0.6 is 11.8 Å². The van der Waals surface area contributed by atoms with Crippen LogP contribution < -0.4 is 0 Å². The molecule has 0 saturated carbocycles. The lowest BCUT2D eigenvalue weighted by Gasteiger charge is -2.59. The largest absolute Gasteiger partial charge is 0.454 e. The fourth-order valence-corrected chi connectivity index (χ4v) is 5.59. The fourth-order valence-electron chi connectivity index (χ4n) is 4.26. The molecule has 3 rings (SSSR count). The zero-order chi connectivity index (χ0) is 23.6. The molecule has 170 valence electrons. The molecule has 0 amide bonds. The van der Waals surface area contributed by atoms with E-state index in [4.69, 9.17) is 14.2 Å². The maximum Gasteiger partial charge on any atom is 0.303 e. The average molecular weight is 461 g/mol. The number of hydrogen-bond acceptors (Lipinski definition) is 10. The van der Waals surface area contributed by atoms with E-state index in [0.717, 1.165) is 11.8 Å². The van der Waals surface area contributed by atoms with E-state index in [2.05, 4.69) is 9.97 Å². The van der Waals surface area contributed by atoms with Gasteiger partial charge in [0.15, 0.2) is 5.60 Å². The van der Waals surface area contributed by atoms with Crippen molar-refractivity contribution in [3.05, 3.63) is 60.2 Å². The lowest BCUT2D eigenvalue weighted by molar-refractivity contribution is -0.291. The summed E-state index contributed by atoms with van der Waals surface area (Å²) in [5.74, 6) is -2.15. The molecule has 1 saturated heterocycles. The number of aliphatic hydroxyl groups excluding tert-OH is 1. The third kappa shape index (κ3) is 3.73. The van der Waals surface area contributed by atoms with E-state index >= 15 is 0 Å². The third-order valence-electron chi connectivity index (χ3n) is 5.22. The second kappa shape index (κ2) is 8.87. The number of carbonyl (C=O) groups is 3. The van der Waals surface area contributed by atoms with Crippen LogP contribution in [-0.2, 0) is 39.8 Å². The van der Waals surface area contributed by atoms with E-state index in [0.29, 0.717) is 0 Å². The summed E-state index contributed by atoms with van der Waals surface area (Å²) in [5.41, 5.74) is -6.78. The van der Waals surface area contributed by atoms with Gasteiger partial charge in [-0.15, -0.1) is 11.8 Å². The molecule has 0 bridgehead atoms. The van der Waals surface area contributed by atoms with Crippen molar-refractivity contribution < 1.29 is 33.7 Å². The van der Waals surface area contributed by atoms with Crippen LogP contribution in [0.3, 0.4) is 0 Å². The summed E-state index contributed by atoms with van der Waals surface area (Å²) in [6.45, 7) is 5.12. The number of aromatic nitrogens is 2. The summed E-state index contributed by atoms with van der Waals surface area (Å²) in [4.78, 5) is 45.7. The van der Waals surface area contributed by atoms with Crippen LogP contribution in [0, 0.1) is 0 Å². The summed E-state index contributed by atoms with van der Waals surface area (Å²) in [6, 6.07) is 8.03. The molecule has 0 radical (unpaired) electrons. The molecule has 0 unspecified atom stereocenters. The Labute approximate surface area is 189 Å². The van der Waals surface area contributed by atoms with Crippen LogP contribution in [0.4, 0.5) is 0 Å². The summed E-state index contributed by atoms with van der Waals surface area (Å²) in [5, 5.41) is 11.4. The molecule has 0 aromatic carbocycles. The number of carbonyl (C=O) groups excluding carboxylic acids is 3. The molecule has 2 aromatic heterocycles. The second-order valence-corrected chi connectivity index (χ2v) is 8.62. The zero-order valence-electron chi connectivity index (χ0n) is 18.1. The van der Waals surface area contributed by atoms with Crippen molar-refractivity contribution in [2.75, 3.05) is 5.75 Å². The zero-order valence-corrected chi connectivity index (χ0v) is 18.9. The Kier molecular flexibility index (Phi) is 6.56. The minimum absolute atomic E-state index is 0.0148. The van der Waals surface area contributed by atoms with E-state index < -0.39 is 40.1 Å². The first-order valence-electron chi connectivity index (χ1n) is 9.79. The quantitative estimate of drug-likeness (QED) is 0.524. The Morgan fingerprint density at radius 2 is 1.69 bits per heavy atom. The first kappa shape index (κ1) is 23.7. The predicted octanol–water partition coefficient (Wildman–Crippen LogP) is 2.08. The normalized spacial score (nSPS) is 29.6. The van der Waals surface area contributed by atoms with Gasteiger partial charge >= 0.3 is 17.9 Å². The molecule has 1 aliphatic heterocycles. The maximum absolute atomic E-state index is 12.5. The van der Waals surface area contributed by atoms with Crippen molar-refractivity contribution in [2.45, 2.75) is 49.9 Å². The number of aliphatic hydroxyl groups is 1. The van der Waals surface area contributed by atoms with Crippen molar-refractivity contribution in [1.29, 1.82) is 0 Å². The van der Waals surface area contributed by atoms with Gasteiger partial charge in [0, 0.05) is 50.7 Å². The van der Waals surface area contributed by atoms with Gasteiger partial charge in [0.2, 0.25) is 11.2 Å². The summed E-state index contributed by atoms with van der Waals surface area (Å²) >= 11 is 0.989. The highest BCUT2D eigenvalue weighted by molar-refractivity contribution is 7.99. The number of nitrogens with zero attached hydrogens (tertiary/aromatic N) is 2. The SMILES string of the molecule is CC(=O)O[C@@]1(c2ccccn2)[C@](C)(OC(C)=O)CS[C@@H](O)[C@@]1(OC(C)=O)c1cccnc1. The molecule has 9 nitrogen and oxygen atoms in total. The van der Waals surface area contributed by atoms with Crippen LogP contribution in [0.1, 0.15) is 39.0 Å². The highest BCUT2D eigenvalue weighted by atomic mass is 32.2. The van der Waals surface area contributed by atoms with Crippen LogP contribution in [0.25, 0.3) is 0 Å². The number of rotatable bonds is 5. The monoisotopic (exact) mass is 460 g/mol. The highest BCUT2D eigenvalue weighted by Gasteiger charge is 2.76. The first-order valence-corrected chi connectivity index (χ1v) is 10.8. The third-order valence-corrected chi connectivity index (χ3v) is 6.58. The predicted molar refractivity (Wildman–Crippen MR) is 114 cm³/mol. The van der Waals surface area contributed by atoms with Crippen molar-refractivity contribution >= 4 is 29.7 Å². The number of hydrogen-bond donors (Lipinski definition) is 1. The number of pyridine rings is 2. The maximum atomic E-state index is 12.5. The first-order chi connectivity index (χ1) is 15.1. The Morgan fingerprint density at radius 1 is 1.00 bits per heavy atom. The molecule has 1 aliphatic rings. The van der Waals surface area contributed by atoms with E-state index in [-0.39, 0.29) is 17.0 Å². The Morgan fingerprint density at radius 3 is 2.22 bits per heavy atom. The topological polar surface area (TPSA) is 125 Å². The molecule has 1 fully saturated rings. The fraction of sp³-hybridized carbons (Fsp3) is 0.409. The highest BCUT2D eigenvalue weighted by Crippen LogP contribution is 2.61. The minimum atomic E-state index is -2.06. The lowest BCUT2D eigenvalue weighted by atomic mass is 9.66. The number of esters is 3. The van der Waals surface area contributed by atoms with Crippen LogP contribution in [0.2, 0.25) is 0 Å². The van der Waals surface area contributed by atoms with Crippen molar-refractivity contribution in [1.82, 2.24) is 9.97 Å². The van der Waals surface area contributed by atoms with Gasteiger partial charge < -0.3 is 19.3 Å². The van der Waals surface area contributed by atoms with Gasteiger partial charge in [-0.05, 0) is 25.1 Å². The molecule has 2 aromatic rings. The van der Waals surface area contributed by atoms with E-state index in [9.17, 15) is 19.5 Å². The number of ether oxygens (including phenoxy) is 3. The Balaban J connectivity index is 2.53. The van der Waals surface area contributed by atoms with Crippen LogP contribution in [0.15, 0.2) is 48.9 Å². The Bertz CT molecular complexity index is 1010. The smallest absolute Gasteiger partial charge is 0.303 e. The summed E-state index contributed by atoms with van der Waals surface area (Å²) < 4.78 is 17.6. The van der Waals surface area contributed by atoms with Gasteiger partial charge in [-0.2, -0.15) is 0 Å². The van der Waals surface area contributed by atoms with Gasteiger partial charge in [0.25, 0.3) is 0 Å². The van der Waals surface area contributed by atoms with Gasteiger partial charge in [-0.25, -0.2) is 0 Å². The molecule has 32 heavy (non-hydrogen) atoms. The standard InChI is InChI=1S/C22H24N2O7S/c1-14(25)29-20(4)13-32-19(28)21(30-15(2)26,17-8-7-10-23-12-17)22(20,31-16(3)27)18-9-5-6-11-24-18/h5-12,19,28H,13H2,1-4H3/t19-,20-,21+,22+/m1/s1.